The minimum Gasteiger partial charge on any atom is -0.488 e. The average molecular weight is 420 g/mol. The molecule has 3 aromatic rings. The molecule has 0 spiro atoms. The fraction of sp³-hybridized carbons (Fsp3) is 0.182. The van der Waals surface area contributed by atoms with E-state index in [1.54, 1.807) is 30.3 Å². The monoisotopic (exact) mass is 419 g/mol. The number of ether oxygens (including phenoxy) is 1. The van der Waals surface area contributed by atoms with Crippen molar-refractivity contribution in [2.75, 3.05) is 6.54 Å². The molecule has 0 heterocycles. The first-order valence-electron chi connectivity index (χ1n) is 8.82. The predicted molar refractivity (Wildman–Crippen MR) is 110 cm³/mol. The van der Waals surface area contributed by atoms with Gasteiger partial charge in [-0.15, -0.1) is 0 Å². The Morgan fingerprint density at radius 3 is 2.54 bits per heavy atom. The standard InChI is InChI=1S/C22H20Cl2FNO2/c23-17-9-10-22(28-14-18-19(24)7-4-8-20(18)25)16(11-17)12-26-13-21(27)15-5-2-1-3-6-15/h1-11,21,26-27H,12-14H2. The lowest BCUT2D eigenvalue weighted by atomic mass is 10.1. The van der Waals surface area contributed by atoms with E-state index in [1.807, 2.05) is 30.3 Å². The maximum Gasteiger partial charge on any atom is 0.131 e. The largest absolute Gasteiger partial charge is 0.488 e. The smallest absolute Gasteiger partial charge is 0.131 e. The molecule has 0 bridgehead atoms. The maximum atomic E-state index is 13.9. The van der Waals surface area contributed by atoms with Gasteiger partial charge in [0.05, 0.1) is 11.1 Å². The number of hydrogen-bond acceptors (Lipinski definition) is 3. The van der Waals surface area contributed by atoms with Crippen molar-refractivity contribution < 1.29 is 14.2 Å². The second kappa shape index (κ2) is 9.89. The lowest BCUT2D eigenvalue weighted by Crippen LogP contribution is -2.21. The van der Waals surface area contributed by atoms with Gasteiger partial charge in [0.1, 0.15) is 18.2 Å². The number of aliphatic hydroxyl groups excluding tert-OH is 1. The third kappa shape index (κ3) is 5.46. The van der Waals surface area contributed by atoms with Gasteiger partial charge in [0.25, 0.3) is 0 Å². The Morgan fingerprint density at radius 1 is 1.00 bits per heavy atom. The maximum absolute atomic E-state index is 13.9. The van der Waals surface area contributed by atoms with Crippen LogP contribution in [0.4, 0.5) is 4.39 Å². The topological polar surface area (TPSA) is 41.5 Å². The van der Waals surface area contributed by atoms with Crippen molar-refractivity contribution in [1.29, 1.82) is 0 Å². The van der Waals surface area contributed by atoms with Gasteiger partial charge in [-0.2, -0.15) is 0 Å². The summed E-state index contributed by atoms with van der Waals surface area (Å²) in [5, 5.41) is 14.3. The quantitative estimate of drug-likeness (QED) is 0.503. The Labute approximate surface area is 173 Å². The fourth-order valence-corrected chi connectivity index (χ4v) is 3.20. The molecule has 3 aromatic carbocycles. The second-order valence-corrected chi connectivity index (χ2v) is 7.14. The number of rotatable bonds is 8. The molecule has 0 saturated carbocycles. The highest BCUT2D eigenvalue weighted by molar-refractivity contribution is 6.31. The first-order valence-corrected chi connectivity index (χ1v) is 9.58. The molecule has 0 aliphatic heterocycles. The molecule has 3 rings (SSSR count). The third-order valence-electron chi connectivity index (χ3n) is 4.29. The molecule has 146 valence electrons. The van der Waals surface area contributed by atoms with E-state index in [1.165, 1.54) is 6.07 Å². The van der Waals surface area contributed by atoms with E-state index in [0.29, 0.717) is 34.4 Å². The highest BCUT2D eigenvalue weighted by Gasteiger charge is 2.11. The van der Waals surface area contributed by atoms with Crippen LogP contribution in [0, 0.1) is 5.82 Å². The van der Waals surface area contributed by atoms with Crippen LogP contribution >= 0.6 is 23.2 Å². The van der Waals surface area contributed by atoms with Crippen LogP contribution in [0.3, 0.4) is 0 Å². The molecule has 1 atom stereocenters. The molecule has 3 nitrogen and oxygen atoms in total. The van der Waals surface area contributed by atoms with Crippen molar-refractivity contribution in [2.24, 2.45) is 0 Å². The van der Waals surface area contributed by atoms with E-state index in [9.17, 15) is 9.50 Å². The third-order valence-corrected chi connectivity index (χ3v) is 4.88. The number of benzene rings is 3. The van der Waals surface area contributed by atoms with Gasteiger partial charge in [-0.3, -0.25) is 0 Å². The molecular weight excluding hydrogens is 400 g/mol. The van der Waals surface area contributed by atoms with Crippen molar-refractivity contribution >= 4 is 23.2 Å². The summed E-state index contributed by atoms with van der Waals surface area (Å²) in [6, 6.07) is 19.2. The van der Waals surface area contributed by atoms with E-state index in [-0.39, 0.29) is 6.61 Å². The Kier molecular flexibility index (Phi) is 7.29. The van der Waals surface area contributed by atoms with E-state index in [4.69, 9.17) is 27.9 Å². The first-order chi connectivity index (χ1) is 13.5. The molecule has 2 N–H and O–H groups in total. The number of halogens is 3. The van der Waals surface area contributed by atoms with Gasteiger partial charge < -0.3 is 15.2 Å². The minimum absolute atomic E-state index is 0.00673. The van der Waals surface area contributed by atoms with Crippen LogP contribution in [0.2, 0.25) is 10.0 Å². The summed E-state index contributed by atoms with van der Waals surface area (Å²) in [4.78, 5) is 0. The van der Waals surface area contributed by atoms with Crippen LogP contribution < -0.4 is 10.1 Å². The van der Waals surface area contributed by atoms with E-state index >= 15 is 0 Å². The van der Waals surface area contributed by atoms with Crippen LogP contribution in [0.25, 0.3) is 0 Å². The highest BCUT2D eigenvalue weighted by atomic mass is 35.5. The molecule has 0 saturated heterocycles. The number of hydrogen-bond donors (Lipinski definition) is 2. The zero-order valence-electron chi connectivity index (χ0n) is 15.0. The van der Waals surface area contributed by atoms with Gasteiger partial charge in [0, 0.05) is 29.2 Å². The SMILES string of the molecule is OC(CNCc1cc(Cl)ccc1OCc1c(F)cccc1Cl)c1ccccc1. The van der Waals surface area contributed by atoms with Crippen molar-refractivity contribution in [2.45, 2.75) is 19.3 Å². The molecule has 0 fully saturated rings. The van der Waals surface area contributed by atoms with Crippen molar-refractivity contribution in [3.8, 4) is 5.75 Å². The lowest BCUT2D eigenvalue weighted by Gasteiger charge is -2.15. The Morgan fingerprint density at radius 2 is 1.79 bits per heavy atom. The zero-order valence-corrected chi connectivity index (χ0v) is 16.6. The van der Waals surface area contributed by atoms with Crippen LogP contribution in [-0.4, -0.2) is 11.7 Å². The molecular formula is C22H20Cl2FNO2. The lowest BCUT2D eigenvalue weighted by molar-refractivity contribution is 0.174. The molecule has 0 aliphatic carbocycles. The fourth-order valence-electron chi connectivity index (χ4n) is 2.78. The summed E-state index contributed by atoms with van der Waals surface area (Å²) in [6.45, 7) is 0.812. The van der Waals surface area contributed by atoms with Crippen LogP contribution in [0.5, 0.6) is 5.75 Å². The van der Waals surface area contributed by atoms with Crippen LogP contribution in [-0.2, 0) is 13.2 Å². The number of aliphatic hydroxyl groups is 1. The van der Waals surface area contributed by atoms with Gasteiger partial charge in [-0.05, 0) is 35.9 Å². The van der Waals surface area contributed by atoms with Crippen LogP contribution in [0.15, 0.2) is 66.7 Å². The molecule has 0 aliphatic rings. The van der Waals surface area contributed by atoms with Crippen molar-refractivity contribution in [1.82, 2.24) is 5.32 Å². The van der Waals surface area contributed by atoms with Gasteiger partial charge in [0.15, 0.2) is 0 Å². The summed E-state index contributed by atoms with van der Waals surface area (Å²) < 4.78 is 19.7. The van der Waals surface area contributed by atoms with Crippen molar-refractivity contribution in [3.05, 3.63) is 99.3 Å². The summed E-state index contributed by atoms with van der Waals surface area (Å²) in [6.07, 6.45) is -0.623. The van der Waals surface area contributed by atoms with Gasteiger partial charge in [0.2, 0.25) is 0 Å². The minimum atomic E-state index is -0.623. The molecule has 0 aromatic heterocycles. The normalized spacial score (nSPS) is 12.0. The number of nitrogens with one attached hydrogen (secondary N) is 1. The van der Waals surface area contributed by atoms with Gasteiger partial charge >= 0.3 is 0 Å². The molecule has 0 amide bonds. The summed E-state index contributed by atoms with van der Waals surface area (Å²) in [5.74, 6) is 0.164. The Bertz CT molecular complexity index is 901. The highest BCUT2D eigenvalue weighted by Crippen LogP contribution is 2.26. The zero-order chi connectivity index (χ0) is 19.9. The van der Waals surface area contributed by atoms with Gasteiger partial charge in [-0.25, -0.2) is 4.39 Å². The van der Waals surface area contributed by atoms with Gasteiger partial charge in [-0.1, -0.05) is 59.6 Å². The molecule has 28 heavy (non-hydrogen) atoms. The Hall–Kier alpha value is -2.11. The Balaban J connectivity index is 1.64. The second-order valence-electron chi connectivity index (χ2n) is 6.30. The molecule has 1 unspecified atom stereocenters. The van der Waals surface area contributed by atoms with Crippen LogP contribution in [0.1, 0.15) is 22.8 Å². The predicted octanol–water partition coefficient (Wildman–Crippen LogP) is 5.53. The van der Waals surface area contributed by atoms with Crippen molar-refractivity contribution in [3.63, 3.8) is 0 Å². The van der Waals surface area contributed by atoms with E-state index in [0.717, 1.165) is 11.1 Å². The summed E-state index contributed by atoms with van der Waals surface area (Å²) in [5.41, 5.74) is 1.95. The van der Waals surface area contributed by atoms with E-state index in [2.05, 4.69) is 5.32 Å². The average Bonchev–Trinajstić information content (AvgIpc) is 2.69. The molecule has 0 radical (unpaired) electrons. The molecule has 6 heteroatoms. The summed E-state index contributed by atoms with van der Waals surface area (Å²) >= 11 is 12.2. The first kappa shape index (κ1) is 20.6. The van der Waals surface area contributed by atoms with E-state index < -0.39 is 11.9 Å². The summed E-state index contributed by atoms with van der Waals surface area (Å²) in [7, 11) is 0.